The minimum Gasteiger partial charge on any atom is -0.337 e. The summed E-state index contributed by atoms with van der Waals surface area (Å²) >= 11 is 1.54. The van der Waals surface area contributed by atoms with E-state index in [4.69, 9.17) is 0 Å². The van der Waals surface area contributed by atoms with E-state index in [9.17, 15) is 9.59 Å². The lowest BCUT2D eigenvalue weighted by atomic mass is 10.1. The van der Waals surface area contributed by atoms with E-state index in [0.29, 0.717) is 31.0 Å². The van der Waals surface area contributed by atoms with Gasteiger partial charge in [0.2, 0.25) is 0 Å². The highest BCUT2D eigenvalue weighted by molar-refractivity contribution is 7.08. The molecule has 0 atom stereocenters. The Morgan fingerprint density at radius 2 is 1.71 bits per heavy atom. The molecule has 24 heavy (non-hydrogen) atoms. The van der Waals surface area contributed by atoms with Crippen molar-refractivity contribution in [2.75, 3.05) is 26.2 Å². The molecule has 1 aliphatic heterocycles. The van der Waals surface area contributed by atoms with Crippen molar-refractivity contribution in [1.29, 1.82) is 0 Å². The van der Waals surface area contributed by atoms with Crippen molar-refractivity contribution >= 4 is 23.3 Å². The van der Waals surface area contributed by atoms with Crippen LogP contribution in [-0.2, 0) is 0 Å². The van der Waals surface area contributed by atoms with Gasteiger partial charge in [0.05, 0.1) is 5.56 Å². The van der Waals surface area contributed by atoms with E-state index in [0.717, 1.165) is 25.1 Å². The molecule has 0 unspecified atom stereocenters. The van der Waals surface area contributed by atoms with Crippen molar-refractivity contribution in [3.05, 3.63) is 22.4 Å². The zero-order chi connectivity index (χ0) is 16.5. The Hall–Kier alpha value is -1.56. The maximum Gasteiger partial charge on any atom is 0.317 e. The Bertz CT molecular complexity index is 583. The molecule has 1 aromatic heterocycles. The van der Waals surface area contributed by atoms with Crippen molar-refractivity contribution in [2.24, 2.45) is 11.8 Å². The third-order valence-electron chi connectivity index (χ3n) is 5.39. The average molecular weight is 347 g/mol. The molecule has 6 heteroatoms. The van der Waals surface area contributed by atoms with Crippen LogP contribution in [0.5, 0.6) is 0 Å². The molecule has 0 spiro atoms. The first-order valence-electron chi connectivity index (χ1n) is 9.09. The van der Waals surface area contributed by atoms with E-state index in [1.165, 1.54) is 25.7 Å². The minimum absolute atomic E-state index is 0.0728. The lowest BCUT2D eigenvalue weighted by molar-refractivity contribution is 0.0762. The van der Waals surface area contributed by atoms with Crippen molar-refractivity contribution in [3.8, 4) is 0 Å². The molecule has 0 aromatic carbocycles. The summed E-state index contributed by atoms with van der Waals surface area (Å²) in [5.41, 5.74) is 0.764. The number of rotatable bonds is 4. The molecule has 1 N–H and O–H groups in total. The summed E-state index contributed by atoms with van der Waals surface area (Å²) in [4.78, 5) is 28.9. The molecule has 0 radical (unpaired) electrons. The summed E-state index contributed by atoms with van der Waals surface area (Å²) < 4.78 is 0. The highest BCUT2D eigenvalue weighted by atomic mass is 32.1. The second-order valence-electron chi connectivity index (χ2n) is 7.29. The summed E-state index contributed by atoms with van der Waals surface area (Å²) in [6.07, 6.45) is 5.92. The first-order valence-corrected chi connectivity index (χ1v) is 10.0. The van der Waals surface area contributed by atoms with Gasteiger partial charge in [0, 0.05) is 37.6 Å². The van der Waals surface area contributed by atoms with Crippen molar-refractivity contribution in [2.45, 2.75) is 38.1 Å². The molecule has 1 aromatic rings. The van der Waals surface area contributed by atoms with Gasteiger partial charge in [-0.2, -0.15) is 11.3 Å². The standard InChI is InChI=1S/C18H25N3O2S/c22-17(15-6-11-24-12-15)20-7-1-8-21(10-9-20)18(23)19-16(13-2-3-13)14-4-5-14/h6,11-14,16H,1-5,7-10H2,(H,19,23). The fraction of sp³-hybridized carbons (Fsp3) is 0.667. The van der Waals surface area contributed by atoms with Crippen LogP contribution in [0, 0.1) is 11.8 Å². The Kier molecular flexibility index (Phi) is 4.48. The number of nitrogens with zero attached hydrogens (tertiary/aromatic N) is 2. The zero-order valence-corrected chi connectivity index (χ0v) is 14.8. The molecule has 3 aliphatic rings. The van der Waals surface area contributed by atoms with Crippen LogP contribution in [-0.4, -0.2) is 54.0 Å². The van der Waals surface area contributed by atoms with Gasteiger partial charge in [-0.3, -0.25) is 4.79 Å². The largest absolute Gasteiger partial charge is 0.337 e. The zero-order valence-electron chi connectivity index (χ0n) is 13.9. The summed E-state index contributed by atoms with van der Waals surface area (Å²) in [6.45, 7) is 2.72. The molecule has 130 valence electrons. The third kappa shape index (κ3) is 3.58. The fourth-order valence-electron chi connectivity index (χ4n) is 3.66. The molecule has 2 aliphatic carbocycles. The van der Waals surface area contributed by atoms with E-state index in [-0.39, 0.29) is 11.9 Å². The highest BCUT2D eigenvalue weighted by Gasteiger charge is 2.42. The minimum atomic E-state index is 0.0728. The van der Waals surface area contributed by atoms with Gasteiger partial charge in [-0.05, 0) is 55.4 Å². The van der Waals surface area contributed by atoms with Crippen LogP contribution in [0.3, 0.4) is 0 Å². The van der Waals surface area contributed by atoms with Gasteiger partial charge in [0.15, 0.2) is 0 Å². The number of hydrogen-bond donors (Lipinski definition) is 1. The Morgan fingerprint density at radius 3 is 2.33 bits per heavy atom. The molecular formula is C18H25N3O2S. The predicted octanol–water partition coefficient (Wildman–Crippen LogP) is 2.79. The van der Waals surface area contributed by atoms with Gasteiger partial charge >= 0.3 is 6.03 Å². The summed E-state index contributed by atoms with van der Waals surface area (Å²) in [5.74, 6) is 1.52. The third-order valence-corrected chi connectivity index (χ3v) is 6.07. The normalized spacial score (nSPS) is 21.7. The van der Waals surface area contributed by atoms with Gasteiger partial charge in [-0.1, -0.05) is 0 Å². The molecule has 3 fully saturated rings. The topological polar surface area (TPSA) is 52.7 Å². The van der Waals surface area contributed by atoms with Gasteiger partial charge in [-0.15, -0.1) is 0 Å². The maximum atomic E-state index is 12.6. The summed E-state index contributed by atoms with van der Waals surface area (Å²) in [5, 5.41) is 7.12. The molecule has 5 nitrogen and oxygen atoms in total. The van der Waals surface area contributed by atoms with Crippen molar-refractivity contribution < 1.29 is 9.59 Å². The summed E-state index contributed by atoms with van der Waals surface area (Å²) in [6, 6.07) is 2.34. The van der Waals surface area contributed by atoms with Crippen LogP contribution in [0.2, 0.25) is 0 Å². The van der Waals surface area contributed by atoms with Crippen molar-refractivity contribution in [1.82, 2.24) is 15.1 Å². The van der Waals surface area contributed by atoms with Gasteiger partial charge in [-0.25, -0.2) is 4.79 Å². The second-order valence-corrected chi connectivity index (χ2v) is 8.07. The smallest absolute Gasteiger partial charge is 0.317 e. The number of carbonyl (C=O) groups is 2. The van der Waals surface area contributed by atoms with Crippen LogP contribution < -0.4 is 5.32 Å². The maximum absolute atomic E-state index is 12.6. The van der Waals surface area contributed by atoms with Crippen molar-refractivity contribution in [3.63, 3.8) is 0 Å². The Labute approximate surface area is 147 Å². The van der Waals surface area contributed by atoms with E-state index >= 15 is 0 Å². The van der Waals surface area contributed by atoms with E-state index < -0.39 is 0 Å². The van der Waals surface area contributed by atoms with Gasteiger partial charge in [0.25, 0.3) is 5.91 Å². The van der Waals surface area contributed by atoms with E-state index in [1.54, 1.807) is 11.3 Å². The van der Waals surface area contributed by atoms with E-state index in [2.05, 4.69) is 5.32 Å². The van der Waals surface area contributed by atoms with Gasteiger partial charge in [0.1, 0.15) is 0 Å². The number of urea groups is 1. The first-order chi connectivity index (χ1) is 11.7. The number of hydrogen-bond acceptors (Lipinski definition) is 3. The first kappa shape index (κ1) is 15.9. The van der Waals surface area contributed by atoms with Crippen LogP contribution in [0.1, 0.15) is 42.5 Å². The predicted molar refractivity (Wildman–Crippen MR) is 94.2 cm³/mol. The van der Waals surface area contributed by atoms with Gasteiger partial charge < -0.3 is 15.1 Å². The lowest BCUT2D eigenvalue weighted by Crippen LogP contribution is -2.47. The molecule has 0 bridgehead atoms. The monoisotopic (exact) mass is 347 g/mol. The van der Waals surface area contributed by atoms with Crippen LogP contribution in [0.4, 0.5) is 4.79 Å². The highest BCUT2D eigenvalue weighted by Crippen LogP contribution is 2.44. The lowest BCUT2D eigenvalue weighted by Gasteiger charge is -2.26. The Morgan fingerprint density at radius 1 is 1.04 bits per heavy atom. The number of amides is 3. The molecule has 3 amide bonds. The SMILES string of the molecule is O=C(NC(C1CC1)C1CC1)N1CCCN(C(=O)c2ccsc2)CC1. The van der Waals surface area contributed by atoms with Crippen LogP contribution >= 0.6 is 11.3 Å². The number of nitrogens with one attached hydrogen (secondary N) is 1. The number of thiophene rings is 1. The van der Waals surface area contributed by atoms with Crippen LogP contribution in [0.25, 0.3) is 0 Å². The molecule has 4 rings (SSSR count). The Balaban J connectivity index is 1.32. The molecule has 2 saturated carbocycles. The molecule has 1 saturated heterocycles. The molecular weight excluding hydrogens is 322 g/mol. The number of carbonyl (C=O) groups excluding carboxylic acids is 2. The van der Waals surface area contributed by atoms with Crippen LogP contribution in [0.15, 0.2) is 16.8 Å². The fourth-order valence-corrected chi connectivity index (χ4v) is 4.29. The average Bonchev–Trinajstić information content (AvgIpc) is 3.50. The van der Waals surface area contributed by atoms with E-state index in [1.807, 2.05) is 26.6 Å². The second kappa shape index (κ2) is 6.75. The quantitative estimate of drug-likeness (QED) is 0.910. The molecule has 2 heterocycles. The summed E-state index contributed by atoms with van der Waals surface area (Å²) in [7, 11) is 0.